The molecular formula is C57H59IrN3OSi-2. The van der Waals surface area contributed by atoms with Gasteiger partial charge in [-0.3, -0.25) is 4.98 Å². The first-order valence-corrected chi connectivity index (χ1v) is 25.1. The zero-order valence-electron chi connectivity index (χ0n) is 42.9. The van der Waals surface area contributed by atoms with Crippen LogP contribution in [0.1, 0.15) is 89.4 Å². The molecule has 0 saturated carbocycles. The fourth-order valence-electron chi connectivity index (χ4n) is 8.23. The Balaban J connectivity index is 0.000000242. The van der Waals surface area contributed by atoms with Crippen molar-refractivity contribution in [2.24, 2.45) is 5.41 Å². The van der Waals surface area contributed by atoms with Crippen molar-refractivity contribution in [3.8, 4) is 39.5 Å². The van der Waals surface area contributed by atoms with Crippen LogP contribution in [-0.4, -0.2) is 22.6 Å². The first-order chi connectivity index (χ1) is 31.6. The minimum atomic E-state index is -2.33. The number of nitrogens with zero attached hydrogens (tertiary/aromatic N) is 3. The second-order valence-corrected chi connectivity index (χ2v) is 23.9. The molecule has 0 aliphatic heterocycles. The quantitative estimate of drug-likeness (QED) is 0.113. The third-order valence-electron chi connectivity index (χ3n) is 11.2. The zero-order valence-corrected chi connectivity index (χ0v) is 41.3. The number of fused-ring (bicyclic) bond motifs is 4. The molecule has 0 amide bonds. The van der Waals surface area contributed by atoms with Gasteiger partial charge in [-0.2, -0.15) is 0 Å². The van der Waals surface area contributed by atoms with Crippen LogP contribution >= 0.6 is 0 Å². The molecule has 3 aromatic heterocycles. The minimum Gasteiger partial charge on any atom is -0.501 e. The Hall–Kier alpha value is -5.39. The van der Waals surface area contributed by atoms with E-state index in [1.807, 2.05) is 106 Å². The summed E-state index contributed by atoms with van der Waals surface area (Å²) in [6, 6.07) is 48.6. The molecule has 3 heterocycles. The van der Waals surface area contributed by atoms with Gasteiger partial charge >= 0.3 is 0 Å². The monoisotopic (exact) mass is 1030 g/mol. The van der Waals surface area contributed by atoms with E-state index in [-0.39, 0.29) is 37.5 Å². The van der Waals surface area contributed by atoms with Crippen molar-refractivity contribution in [3.05, 3.63) is 168 Å². The van der Waals surface area contributed by atoms with Gasteiger partial charge in [0.2, 0.25) is 0 Å². The molecule has 0 spiro atoms. The van der Waals surface area contributed by atoms with E-state index in [0.29, 0.717) is 27.9 Å². The number of pyridine rings is 1. The number of furan rings is 1. The molecule has 0 atom stereocenters. The first kappa shape index (κ1) is 39.2. The molecule has 0 N–H and O–H groups in total. The maximum absolute atomic E-state index is 8.75. The summed E-state index contributed by atoms with van der Waals surface area (Å²) in [7, 11) is -1.70. The molecule has 0 fully saturated rings. The molecule has 6 aromatic carbocycles. The van der Waals surface area contributed by atoms with Crippen LogP contribution in [0.4, 0.5) is 0 Å². The number of aromatic nitrogens is 3. The number of imidazole rings is 1. The Morgan fingerprint density at radius 3 is 2.11 bits per heavy atom. The van der Waals surface area contributed by atoms with Crippen molar-refractivity contribution in [2.45, 2.75) is 93.2 Å². The number of rotatable bonds is 8. The molecular weight excluding hydrogens is 963 g/mol. The van der Waals surface area contributed by atoms with Crippen molar-refractivity contribution in [2.75, 3.05) is 0 Å². The van der Waals surface area contributed by atoms with Gasteiger partial charge in [0.25, 0.3) is 0 Å². The van der Waals surface area contributed by atoms with Gasteiger partial charge in [-0.25, -0.2) is 0 Å². The SMILES string of the molecule is [2H]C([2H])([2H])c1c[c-]c(-c2nc3ccccc3n2-c2c(C(C)C)cc(-c3ccccc3)cc2C(C)C)c2oc3ccccc3c12.[2H]C([2H])(c1cc(-c2[c-]cccc2)ncc1[Si](C)(C)C)C(C)(C)C.[Ir]. The summed E-state index contributed by atoms with van der Waals surface area (Å²) in [5.41, 5.74) is 11.6. The maximum Gasteiger partial charge on any atom is 0.120 e. The number of hydrogen-bond acceptors (Lipinski definition) is 3. The van der Waals surface area contributed by atoms with Crippen molar-refractivity contribution >= 4 is 46.2 Å². The topological polar surface area (TPSA) is 43.9 Å². The predicted molar refractivity (Wildman–Crippen MR) is 266 cm³/mol. The molecule has 0 aliphatic rings. The van der Waals surface area contributed by atoms with Gasteiger partial charge in [-0.15, -0.1) is 53.6 Å². The van der Waals surface area contributed by atoms with Gasteiger partial charge in [0.05, 0.1) is 30.5 Å². The van der Waals surface area contributed by atoms with Gasteiger partial charge in [-0.05, 0) is 87.1 Å². The van der Waals surface area contributed by atoms with E-state index in [9.17, 15) is 0 Å². The second kappa shape index (κ2) is 18.4. The van der Waals surface area contributed by atoms with Crippen molar-refractivity contribution in [1.82, 2.24) is 14.5 Å². The van der Waals surface area contributed by atoms with E-state index >= 15 is 0 Å². The van der Waals surface area contributed by atoms with Crippen LogP contribution in [0.3, 0.4) is 0 Å². The predicted octanol–water partition coefficient (Wildman–Crippen LogP) is 15.3. The number of para-hydroxylation sites is 3. The largest absolute Gasteiger partial charge is 0.501 e. The standard InChI is InChI=1S/C38H33N2O.C19H26NSi.Ir/c1-23(2)30-21-27(26-13-7-6-8-14-26)22-31(24(3)4)36(30)40-33-17-11-10-16-32(33)39-38(40)29-20-19-25(5)35-28-15-9-12-18-34(28)41-37(29)35;1-19(2,3)13-16-12-17(15-10-8-7-9-11-15)20-14-18(16)21(4,5)6;/h6-19,21-24H,1-5H3;7-10,12,14H,13H2,1-6H3;/q2*-1;/i5D3;13D2;. The van der Waals surface area contributed by atoms with Crippen LogP contribution < -0.4 is 5.19 Å². The fourth-order valence-corrected chi connectivity index (χ4v) is 9.63. The number of hydrogen-bond donors (Lipinski definition) is 0. The minimum absolute atomic E-state index is 0. The molecule has 0 aliphatic carbocycles. The van der Waals surface area contributed by atoms with Gasteiger partial charge in [0, 0.05) is 44.2 Å². The summed E-state index contributed by atoms with van der Waals surface area (Å²) < 4.78 is 51.1. The first-order valence-electron chi connectivity index (χ1n) is 24.1. The van der Waals surface area contributed by atoms with E-state index in [0.717, 1.165) is 44.1 Å². The average molecular weight is 1030 g/mol. The molecule has 1 radical (unpaired) electrons. The van der Waals surface area contributed by atoms with E-state index in [2.05, 4.69) is 111 Å². The fraction of sp³-hybridized carbons (Fsp3) is 0.263. The zero-order chi connectivity index (χ0) is 48.2. The van der Waals surface area contributed by atoms with Crippen molar-refractivity contribution in [1.29, 1.82) is 0 Å². The van der Waals surface area contributed by atoms with Gasteiger partial charge in [0.15, 0.2) is 0 Å². The third-order valence-corrected chi connectivity index (χ3v) is 13.2. The summed E-state index contributed by atoms with van der Waals surface area (Å²) in [4.78, 5) is 9.79. The van der Waals surface area contributed by atoms with Crippen LogP contribution in [0.5, 0.6) is 0 Å². The Kier molecular flexibility index (Phi) is 11.4. The van der Waals surface area contributed by atoms with E-state index in [4.69, 9.17) is 16.3 Å². The smallest absolute Gasteiger partial charge is 0.120 e. The van der Waals surface area contributed by atoms with Crippen LogP contribution in [0.2, 0.25) is 19.6 Å². The van der Waals surface area contributed by atoms with Gasteiger partial charge in [-0.1, -0.05) is 158 Å². The van der Waals surface area contributed by atoms with Crippen molar-refractivity contribution in [3.63, 3.8) is 0 Å². The van der Waals surface area contributed by atoms with Gasteiger partial charge in [0.1, 0.15) is 5.58 Å². The molecule has 63 heavy (non-hydrogen) atoms. The molecule has 9 rings (SSSR count). The summed E-state index contributed by atoms with van der Waals surface area (Å²) in [5, 5.41) is 2.45. The molecule has 0 bridgehead atoms. The normalized spacial score (nSPS) is 13.6. The van der Waals surface area contributed by atoms with E-state index in [1.54, 1.807) is 6.07 Å². The van der Waals surface area contributed by atoms with E-state index < -0.39 is 26.7 Å². The second-order valence-electron chi connectivity index (χ2n) is 18.8. The Morgan fingerprint density at radius 2 is 1.46 bits per heavy atom. The molecule has 6 heteroatoms. The average Bonchev–Trinajstić information content (AvgIpc) is 3.87. The molecule has 323 valence electrons. The Morgan fingerprint density at radius 1 is 0.794 bits per heavy atom. The molecule has 0 unspecified atom stereocenters. The number of benzene rings is 6. The van der Waals surface area contributed by atoms with Crippen molar-refractivity contribution < 1.29 is 31.4 Å². The summed E-state index contributed by atoms with van der Waals surface area (Å²) in [6.45, 7) is 19.2. The summed E-state index contributed by atoms with van der Waals surface area (Å²) in [6.07, 6.45) is 0.469. The Bertz CT molecular complexity index is 3210. The Labute approximate surface area is 396 Å². The number of aryl methyl sites for hydroxylation is 1. The maximum atomic E-state index is 8.75. The van der Waals surface area contributed by atoms with Crippen LogP contribution in [-0.2, 0) is 26.5 Å². The van der Waals surface area contributed by atoms with Crippen LogP contribution in [0.25, 0.3) is 72.4 Å². The van der Waals surface area contributed by atoms with Gasteiger partial charge < -0.3 is 14.0 Å². The third kappa shape index (κ3) is 9.46. The van der Waals surface area contributed by atoms with Crippen LogP contribution in [0, 0.1) is 24.4 Å². The summed E-state index contributed by atoms with van der Waals surface area (Å²) in [5.74, 6) is 1.10. The molecule has 4 nitrogen and oxygen atoms in total. The summed E-state index contributed by atoms with van der Waals surface area (Å²) >= 11 is 0. The molecule has 9 aromatic rings. The van der Waals surface area contributed by atoms with Crippen LogP contribution in [0.15, 0.2) is 138 Å². The van der Waals surface area contributed by atoms with E-state index in [1.165, 1.54) is 22.3 Å². The molecule has 0 saturated heterocycles.